The van der Waals surface area contributed by atoms with E-state index in [2.05, 4.69) is 34.4 Å². The molecule has 1 aromatic heterocycles. The van der Waals surface area contributed by atoms with Gasteiger partial charge in [-0.05, 0) is 49.2 Å². The van der Waals surface area contributed by atoms with Crippen molar-refractivity contribution in [2.75, 3.05) is 44.3 Å². The molecule has 2 N–H and O–H groups in total. The summed E-state index contributed by atoms with van der Waals surface area (Å²) < 4.78 is 24.6. The summed E-state index contributed by atoms with van der Waals surface area (Å²) in [6, 6.07) is 12.5. The van der Waals surface area contributed by atoms with Crippen LogP contribution in [0.5, 0.6) is 0 Å². The summed E-state index contributed by atoms with van der Waals surface area (Å²) in [5.41, 5.74) is 2.38. The predicted octanol–water partition coefficient (Wildman–Crippen LogP) is 3.43. The fourth-order valence-electron chi connectivity index (χ4n) is 4.13. The van der Waals surface area contributed by atoms with Crippen LogP contribution in [0.4, 0.5) is 9.93 Å². The Kier molecular flexibility index (Phi) is 7.91. The van der Waals surface area contributed by atoms with E-state index in [-0.39, 0.29) is 23.8 Å². The first-order valence-corrected chi connectivity index (χ1v) is 14.6. The highest BCUT2D eigenvalue weighted by atomic mass is 32.2. The Labute approximate surface area is 215 Å². The molecule has 0 aliphatic carbocycles. The van der Waals surface area contributed by atoms with Crippen LogP contribution in [0.3, 0.4) is 0 Å². The maximum absolute atomic E-state index is 12.4. The average molecular weight is 530 g/mol. The van der Waals surface area contributed by atoms with E-state index in [0.717, 1.165) is 47.5 Å². The van der Waals surface area contributed by atoms with Crippen LogP contribution in [0.25, 0.3) is 21.3 Å². The number of piperazine rings is 1. The molecular weight excluding hydrogens is 498 g/mol. The number of nitrogens with zero attached hydrogens (tertiary/aromatic N) is 3. The smallest absolute Gasteiger partial charge is 0.321 e. The number of fused-ring (bicyclic) bond motifs is 1. The van der Waals surface area contributed by atoms with E-state index < -0.39 is 15.9 Å². The molecule has 2 aromatic carbocycles. The maximum Gasteiger partial charge on any atom is 0.321 e. The Morgan fingerprint density at radius 3 is 2.47 bits per heavy atom. The van der Waals surface area contributed by atoms with Crippen molar-refractivity contribution in [1.82, 2.24) is 20.1 Å². The van der Waals surface area contributed by atoms with Gasteiger partial charge in [-0.15, -0.1) is 0 Å². The van der Waals surface area contributed by atoms with E-state index in [0.29, 0.717) is 11.2 Å². The third-order valence-corrected chi connectivity index (χ3v) is 8.27. The molecule has 11 heteroatoms. The molecule has 0 unspecified atom stereocenters. The number of hydrogen-bond acceptors (Lipinski definition) is 7. The second-order valence-corrected chi connectivity index (χ2v) is 12.2. The molecular formula is C25H31N5O4S2. The first-order chi connectivity index (χ1) is 17.1. The summed E-state index contributed by atoms with van der Waals surface area (Å²) >= 11 is 1.33. The number of amides is 3. The predicted molar refractivity (Wildman–Crippen MR) is 143 cm³/mol. The number of benzene rings is 2. The number of urea groups is 1. The SMILES string of the molecule is CC(C)N1CCN(C(=O)CCNC(=O)Nc2nc3ccc(-c4cccc(S(C)(=O)=O)c4)cc3s2)CC1. The summed E-state index contributed by atoms with van der Waals surface area (Å²) in [7, 11) is -3.30. The van der Waals surface area contributed by atoms with Gasteiger partial charge in [0, 0.05) is 51.4 Å². The molecule has 0 bridgehead atoms. The molecule has 1 saturated heterocycles. The van der Waals surface area contributed by atoms with Gasteiger partial charge in [0.2, 0.25) is 5.91 Å². The van der Waals surface area contributed by atoms with E-state index >= 15 is 0 Å². The van der Waals surface area contributed by atoms with Crippen LogP contribution in [-0.2, 0) is 14.6 Å². The van der Waals surface area contributed by atoms with Crippen molar-refractivity contribution < 1.29 is 18.0 Å². The molecule has 0 saturated carbocycles. The Morgan fingerprint density at radius 1 is 1.06 bits per heavy atom. The largest absolute Gasteiger partial charge is 0.340 e. The normalized spacial score (nSPS) is 14.8. The van der Waals surface area contributed by atoms with Gasteiger partial charge in [-0.25, -0.2) is 18.2 Å². The topological polar surface area (TPSA) is 112 Å². The minimum absolute atomic E-state index is 0.0474. The van der Waals surface area contributed by atoms with Gasteiger partial charge in [0.1, 0.15) is 0 Å². The molecule has 1 fully saturated rings. The molecule has 192 valence electrons. The number of thiazole rings is 1. The molecule has 1 aliphatic heterocycles. The van der Waals surface area contributed by atoms with Crippen LogP contribution in [-0.4, -0.2) is 80.2 Å². The fraction of sp³-hybridized carbons (Fsp3) is 0.400. The van der Waals surface area contributed by atoms with Crippen molar-refractivity contribution in [2.45, 2.75) is 31.2 Å². The average Bonchev–Trinajstić information content (AvgIpc) is 3.25. The molecule has 0 atom stereocenters. The monoisotopic (exact) mass is 529 g/mol. The molecule has 0 radical (unpaired) electrons. The maximum atomic E-state index is 12.4. The molecule has 1 aliphatic rings. The van der Waals surface area contributed by atoms with Crippen LogP contribution in [0.15, 0.2) is 47.4 Å². The number of nitrogens with one attached hydrogen (secondary N) is 2. The Balaban J connectivity index is 1.31. The van der Waals surface area contributed by atoms with Crippen molar-refractivity contribution in [3.63, 3.8) is 0 Å². The van der Waals surface area contributed by atoms with E-state index in [9.17, 15) is 18.0 Å². The van der Waals surface area contributed by atoms with Crippen LogP contribution in [0, 0.1) is 0 Å². The molecule has 4 rings (SSSR count). The third kappa shape index (κ3) is 6.40. The van der Waals surface area contributed by atoms with Gasteiger partial charge < -0.3 is 10.2 Å². The summed E-state index contributed by atoms with van der Waals surface area (Å²) in [5, 5.41) is 5.91. The third-order valence-electron chi connectivity index (χ3n) is 6.23. The first-order valence-electron chi connectivity index (χ1n) is 11.9. The number of sulfone groups is 1. The molecule has 3 aromatic rings. The van der Waals surface area contributed by atoms with Crippen molar-refractivity contribution in [3.8, 4) is 11.1 Å². The summed E-state index contributed by atoms with van der Waals surface area (Å²) in [4.78, 5) is 33.7. The van der Waals surface area contributed by atoms with E-state index in [1.54, 1.807) is 18.2 Å². The van der Waals surface area contributed by atoms with Crippen LogP contribution < -0.4 is 10.6 Å². The van der Waals surface area contributed by atoms with E-state index in [1.165, 1.54) is 17.6 Å². The standard InChI is InChI=1S/C25H31N5O4S2/c1-17(2)29-11-13-30(14-12-29)23(31)9-10-26-24(32)28-25-27-21-8-7-19(16-22(21)35-25)18-5-4-6-20(15-18)36(3,33)34/h4-8,15-17H,9-14H2,1-3H3,(H2,26,27,28,32). The van der Waals surface area contributed by atoms with Crippen LogP contribution >= 0.6 is 11.3 Å². The molecule has 9 nitrogen and oxygen atoms in total. The number of carbonyl (C=O) groups is 2. The number of anilines is 1. The van der Waals surface area contributed by atoms with Crippen molar-refractivity contribution in [2.24, 2.45) is 0 Å². The number of carbonyl (C=O) groups excluding carboxylic acids is 2. The highest BCUT2D eigenvalue weighted by Crippen LogP contribution is 2.31. The molecule has 3 amide bonds. The van der Waals surface area contributed by atoms with Crippen molar-refractivity contribution in [3.05, 3.63) is 42.5 Å². The second-order valence-electron chi connectivity index (χ2n) is 9.14. The summed E-state index contributed by atoms with van der Waals surface area (Å²) in [5.74, 6) is 0.0474. The zero-order valence-corrected chi connectivity index (χ0v) is 22.3. The zero-order chi connectivity index (χ0) is 25.9. The second kappa shape index (κ2) is 10.9. The highest BCUT2D eigenvalue weighted by Gasteiger charge is 2.22. The Hall–Kier alpha value is -3.02. The van der Waals surface area contributed by atoms with Gasteiger partial charge in [-0.1, -0.05) is 29.5 Å². The van der Waals surface area contributed by atoms with E-state index in [1.807, 2.05) is 29.2 Å². The fourth-order valence-corrected chi connectivity index (χ4v) is 5.70. The lowest BCUT2D eigenvalue weighted by atomic mass is 10.1. The highest BCUT2D eigenvalue weighted by molar-refractivity contribution is 7.90. The van der Waals surface area contributed by atoms with Gasteiger partial charge in [-0.3, -0.25) is 15.0 Å². The Bertz CT molecular complexity index is 1360. The number of hydrogen-bond donors (Lipinski definition) is 2. The van der Waals surface area contributed by atoms with E-state index in [4.69, 9.17) is 0 Å². The lowest BCUT2D eigenvalue weighted by Gasteiger charge is -2.37. The van der Waals surface area contributed by atoms with Crippen molar-refractivity contribution >= 4 is 48.5 Å². The van der Waals surface area contributed by atoms with Crippen LogP contribution in [0.1, 0.15) is 20.3 Å². The Morgan fingerprint density at radius 2 is 1.78 bits per heavy atom. The van der Waals surface area contributed by atoms with Gasteiger partial charge >= 0.3 is 6.03 Å². The minimum atomic E-state index is -3.30. The zero-order valence-electron chi connectivity index (χ0n) is 20.7. The lowest BCUT2D eigenvalue weighted by Crippen LogP contribution is -2.51. The summed E-state index contributed by atoms with van der Waals surface area (Å²) in [6.45, 7) is 7.75. The molecule has 0 spiro atoms. The van der Waals surface area contributed by atoms with Gasteiger partial charge in [-0.2, -0.15) is 0 Å². The van der Waals surface area contributed by atoms with Crippen molar-refractivity contribution in [1.29, 1.82) is 0 Å². The quantitative estimate of drug-likeness (QED) is 0.485. The number of aromatic nitrogens is 1. The molecule has 2 heterocycles. The molecule has 36 heavy (non-hydrogen) atoms. The lowest BCUT2D eigenvalue weighted by molar-refractivity contribution is -0.133. The summed E-state index contributed by atoms with van der Waals surface area (Å²) in [6.07, 6.45) is 1.44. The number of rotatable bonds is 7. The van der Waals surface area contributed by atoms with Crippen LogP contribution in [0.2, 0.25) is 0 Å². The van der Waals surface area contributed by atoms with Gasteiger partial charge in [0.15, 0.2) is 15.0 Å². The van der Waals surface area contributed by atoms with Gasteiger partial charge in [0.05, 0.1) is 15.1 Å². The first kappa shape index (κ1) is 26.1. The minimum Gasteiger partial charge on any atom is -0.340 e. The van der Waals surface area contributed by atoms with Gasteiger partial charge in [0.25, 0.3) is 0 Å².